The predicted molar refractivity (Wildman–Crippen MR) is 166 cm³/mol. The Balaban J connectivity index is 1.41. The number of benzene rings is 2. The quantitative estimate of drug-likeness (QED) is 0.280. The first-order valence-corrected chi connectivity index (χ1v) is 16.5. The van der Waals surface area contributed by atoms with Crippen LogP contribution < -0.4 is 5.32 Å². The highest BCUT2D eigenvalue weighted by Gasteiger charge is 2.31. The molecule has 42 heavy (non-hydrogen) atoms. The molecule has 2 aromatic rings. The summed E-state index contributed by atoms with van der Waals surface area (Å²) >= 11 is 1.54. The number of carboxylic acid groups (broad SMARTS) is 1. The number of likely N-dealkylation sites (tertiary alicyclic amines) is 1. The minimum atomic E-state index is -1.04. The second-order valence-corrected chi connectivity index (χ2v) is 12.4. The van der Waals surface area contributed by atoms with E-state index in [1.807, 2.05) is 54.5 Å². The molecule has 1 heterocycles. The van der Waals surface area contributed by atoms with E-state index in [1.165, 1.54) is 19.3 Å². The van der Waals surface area contributed by atoms with Crippen molar-refractivity contribution in [2.24, 2.45) is 5.92 Å². The van der Waals surface area contributed by atoms with Crippen LogP contribution in [0.5, 0.6) is 0 Å². The highest BCUT2D eigenvalue weighted by molar-refractivity contribution is 7.98. The fourth-order valence-corrected chi connectivity index (χ4v) is 6.37. The normalized spacial score (nSPS) is 18.0. The lowest BCUT2D eigenvalue weighted by Gasteiger charge is -2.26. The van der Waals surface area contributed by atoms with Gasteiger partial charge in [0.1, 0.15) is 6.04 Å². The number of aryl methyl sites for hydroxylation is 1. The second-order valence-electron chi connectivity index (χ2n) is 11.4. The molecule has 0 spiro atoms. The molecule has 9 heteroatoms. The van der Waals surface area contributed by atoms with Gasteiger partial charge in [0, 0.05) is 12.1 Å². The number of nitrogens with zero attached hydrogens (tertiary/aromatic N) is 1. The molecule has 2 aromatic carbocycles. The molecular formula is C33H44N2O6S. The van der Waals surface area contributed by atoms with Gasteiger partial charge in [-0.05, 0) is 91.3 Å². The molecule has 2 fully saturated rings. The summed E-state index contributed by atoms with van der Waals surface area (Å²) in [6.07, 6.45) is 9.84. The SMILES string of the molecule is CSCC[C@H](NC(=O)c1ccc(COCC2CCCN2C(=O)OCC2CCCCC2)cc1-c1ccccc1C)C(=O)O. The molecule has 1 aliphatic carbocycles. The van der Waals surface area contributed by atoms with Crippen LogP contribution in [0.2, 0.25) is 0 Å². The molecule has 2 N–H and O–H groups in total. The first-order valence-electron chi connectivity index (χ1n) is 15.1. The summed E-state index contributed by atoms with van der Waals surface area (Å²) in [5.74, 6) is -0.339. The molecule has 1 saturated carbocycles. The smallest absolute Gasteiger partial charge is 0.410 e. The van der Waals surface area contributed by atoms with E-state index in [0.717, 1.165) is 47.9 Å². The summed E-state index contributed by atoms with van der Waals surface area (Å²) in [5.41, 5.74) is 3.96. The minimum Gasteiger partial charge on any atom is -0.480 e. The third-order valence-electron chi connectivity index (χ3n) is 8.34. The first-order chi connectivity index (χ1) is 20.4. The topological polar surface area (TPSA) is 105 Å². The molecule has 2 amide bonds. The van der Waals surface area contributed by atoms with Crippen molar-refractivity contribution in [1.82, 2.24) is 10.2 Å². The van der Waals surface area contributed by atoms with Crippen molar-refractivity contribution in [3.05, 3.63) is 59.2 Å². The number of carbonyl (C=O) groups is 3. The molecule has 8 nitrogen and oxygen atoms in total. The molecule has 228 valence electrons. The summed E-state index contributed by atoms with van der Waals surface area (Å²) in [5, 5.41) is 12.3. The van der Waals surface area contributed by atoms with Crippen molar-refractivity contribution in [3.8, 4) is 11.1 Å². The lowest BCUT2D eigenvalue weighted by atomic mass is 9.90. The van der Waals surface area contributed by atoms with Crippen LogP contribution in [0.1, 0.15) is 72.9 Å². The number of ether oxygens (including phenoxy) is 2. The Morgan fingerprint density at radius 2 is 1.81 bits per heavy atom. The van der Waals surface area contributed by atoms with Gasteiger partial charge < -0.3 is 24.8 Å². The Morgan fingerprint density at radius 3 is 2.55 bits per heavy atom. The maximum absolute atomic E-state index is 13.3. The molecule has 1 aliphatic heterocycles. The molecule has 0 aromatic heterocycles. The maximum atomic E-state index is 13.3. The highest BCUT2D eigenvalue weighted by Crippen LogP contribution is 2.29. The number of nitrogens with one attached hydrogen (secondary N) is 1. The lowest BCUT2D eigenvalue weighted by Crippen LogP contribution is -2.41. The van der Waals surface area contributed by atoms with Crippen LogP contribution in [0.15, 0.2) is 42.5 Å². The number of thioether (sulfide) groups is 1. The van der Waals surface area contributed by atoms with Gasteiger partial charge in [-0.1, -0.05) is 49.6 Å². The zero-order valence-electron chi connectivity index (χ0n) is 24.8. The standard InChI is InChI=1S/C33H44N2O6S/c1-23-9-6-7-13-27(23)29-19-25(14-15-28(29)31(36)34-30(32(37)38)16-18-42-2)20-40-22-26-12-8-17-35(26)33(39)41-21-24-10-4-3-5-11-24/h6-7,9,13-15,19,24,26,30H,3-5,8,10-12,16-18,20-22H2,1-2H3,(H,34,36)(H,37,38)/t26?,30-/m0/s1. The molecule has 2 atom stereocenters. The average Bonchev–Trinajstić information content (AvgIpc) is 3.47. The van der Waals surface area contributed by atoms with Gasteiger partial charge in [0.05, 0.1) is 25.9 Å². The Morgan fingerprint density at radius 1 is 1.02 bits per heavy atom. The Labute approximate surface area is 253 Å². The second kappa shape index (κ2) is 16.0. The highest BCUT2D eigenvalue weighted by atomic mass is 32.2. The van der Waals surface area contributed by atoms with E-state index < -0.39 is 17.9 Å². The first kappa shape index (κ1) is 31.9. The number of carbonyl (C=O) groups excluding carboxylic acids is 2. The van der Waals surface area contributed by atoms with Gasteiger partial charge >= 0.3 is 12.1 Å². The van der Waals surface area contributed by atoms with Crippen molar-refractivity contribution in [2.45, 2.75) is 77.0 Å². The van der Waals surface area contributed by atoms with Crippen LogP contribution in [-0.2, 0) is 20.9 Å². The average molecular weight is 597 g/mol. The predicted octanol–water partition coefficient (Wildman–Crippen LogP) is 6.30. The summed E-state index contributed by atoms with van der Waals surface area (Å²) in [7, 11) is 0. The van der Waals surface area contributed by atoms with Gasteiger partial charge in [0.15, 0.2) is 0 Å². The summed E-state index contributed by atoms with van der Waals surface area (Å²) in [6.45, 7) is 3.92. The molecule has 4 rings (SSSR count). The lowest BCUT2D eigenvalue weighted by molar-refractivity contribution is -0.139. The van der Waals surface area contributed by atoms with E-state index in [-0.39, 0.29) is 12.1 Å². The van der Waals surface area contributed by atoms with Gasteiger partial charge in [0.25, 0.3) is 5.91 Å². The molecular weight excluding hydrogens is 552 g/mol. The van der Waals surface area contributed by atoms with E-state index in [9.17, 15) is 19.5 Å². The number of amides is 2. The number of carboxylic acids is 1. The number of rotatable bonds is 13. The Kier molecular flexibility index (Phi) is 12.1. The third kappa shape index (κ3) is 8.74. The van der Waals surface area contributed by atoms with Crippen LogP contribution in [0.3, 0.4) is 0 Å². The van der Waals surface area contributed by atoms with Gasteiger partial charge in [-0.3, -0.25) is 4.79 Å². The zero-order chi connectivity index (χ0) is 29.9. The van der Waals surface area contributed by atoms with Crippen molar-refractivity contribution in [3.63, 3.8) is 0 Å². The van der Waals surface area contributed by atoms with Crippen LogP contribution in [0, 0.1) is 12.8 Å². The van der Waals surface area contributed by atoms with Crippen molar-refractivity contribution < 1.29 is 29.0 Å². The molecule has 1 unspecified atom stereocenters. The molecule has 1 saturated heterocycles. The Bertz CT molecular complexity index is 1210. The van der Waals surface area contributed by atoms with Crippen molar-refractivity contribution in [2.75, 3.05) is 31.8 Å². The van der Waals surface area contributed by atoms with Gasteiger partial charge in [-0.15, -0.1) is 0 Å². The molecule has 2 aliphatic rings. The maximum Gasteiger partial charge on any atom is 0.410 e. The van der Waals surface area contributed by atoms with Crippen LogP contribution in [0.4, 0.5) is 4.79 Å². The van der Waals surface area contributed by atoms with E-state index in [4.69, 9.17) is 9.47 Å². The molecule has 0 radical (unpaired) electrons. The molecule has 0 bridgehead atoms. The van der Waals surface area contributed by atoms with E-state index in [0.29, 0.717) is 50.0 Å². The monoisotopic (exact) mass is 596 g/mol. The minimum absolute atomic E-state index is 0.0148. The number of hydrogen-bond donors (Lipinski definition) is 2. The van der Waals surface area contributed by atoms with Crippen molar-refractivity contribution in [1.29, 1.82) is 0 Å². The van der Waals surface area contributed by atoms with E-state index in [2.05, 4.69) is 5.32 Å². The summed E-state index contributed by atoms with van der Waals surface area (Å²) < 4.78 is 11.8. The van der Waals surface area contributed by atoms with Gasteiger partial charge in [-0.2, -0.15) is 11.8 Å². The fraction of sp³-hybridized carbons (Fsp3) is 0.545. The van der Waals surface area contributed by atoms with Crippen molar-refractivity contribution >= 4 is 29.7 Å². The van der Waals surface area contributed by atoms with Crippen LogP contribution >= 0.6 is 11.8 Å². The fourth-order valence-electron chi connectivity index (χ4n) is 5.89. The summed E-state index contributed by atoms with van der Waals surface area (Å²) in [4.78, 5) is 39.7. The number of aliphatic carboxylic acids is 1. The van der Waals surface area contributed by atoms with E-state index >= 15 is 0 Å². The number of hydrogen-bond acceptors (Lipinski definition) is 6. The van der Waals surface area contributed by atoms with Gasteiger partial charge in [-0.25, -0.2) is 9.59 Å². The van der Waals surface area contributed by atoms with E-state index in [1.54, 1.807) is 17.8 Å². The van der Waals surface area contributed by atoms with Gasteiger partial charge in [0.2, 0.25) is 0 Å². The third-order valence-corrected chi connectivity index (χ3v) is 8.98. The largest absolute Gasteiger partial charge is 0.480 e. The van der Waals surface area contributed by atoms with Crippen LogP contribution in [-0.4, -0.2) is 71.8 Å². The Hall–Kier alpha value is -3.04. The zero-order valence-corrected chi connectivity index (χ0v) is 25.6. The summed E-state index contributed by atoms with van der Waals surface area (Å²) in [6, 6.07) is 12.4. The van der Waals surface area contributed by atoms with Crippen LogP contribution in [0.25, 0.3) is 11.1 Å².